The van der Waals surface area contributed by atoms with E-state index in [1.807, 2.05) is 0 Å². The van der Waals surface area contributed by atoms with E-state index < -0.39 is 16.9 Å². The highest BCUT2D eigenvalue weighted by Crippen LogP contribution is 2.44. The number of fused-ring (bicyclic) bond motifs is 6. The number of hydrogen-bond acceptors (Lipinski definition) is 4. The zero-order valence-electron chi connectivity index (χ0n) is 36.0. The van der Waals surface area contributed by atoms with Crippen LogP contribution in [-0.4, -0.2) is 26.8 Å². The Balaban J connectivity index is 1.05. The van der Waals surface area contributed by atoms with Gasteiger partial charge in [-0.1, -0.05) is 218 Å². The van der Waals surface area contributed by atoms with Crippen molar-refractivity contribution in [2.45, 2.75) is 0 Å². The van der Waals surface area contributed by atoms with Crippen molar-refractivity contribution in [3.63, 3.8) is 0 Å². The number of aromatic nitrogens is 2. The number of nitrogens with zero attached hydrogens (tertiary/aromatic N) is 4. The zero-order valence-corrected chi connectivity index (χ0v) is 38.2. The van der Waals surface area contributed by atoms with E-state index in [1.54, 1.807) is 0 Å². The van der Waals surface area contributed by atoms with Gasteiger partial charge in [-0.3, -0.25) is 9.80 Å². The number of pyridine rings is 2. The van der Waals surface area contributed by atoms with Crippen LogP contribution in [0, 0.1) is 0 Å². The molecule has 2 aromatic heterocycles. The highest BCUT2D eigenvalue weighted by Gasteiger charge is 2.49. The standard InChI is InChI=1S/C60H42N4Si2/c1-4-24-44(25-5-1)65-55-36-18-14-32-51(55)63(52-33-15-19-37-56(52)65)59-47-30-12-10-22-42(47)40-49(61-59)50-41-43-23-11-13-31-48(43)60(62-50)64-53-34-16-20-38-57(53)66(45-26-6-2-7-27-45,46-28-8-3-9-29-46)58-39-21-17-35-54(58)64/h1-41,65H. The van der Waals surface area contributed by atoms with Gasteiger partial charge in [-0.05, 0) is 78.3 Å². The summed E-state index contributed by atoms with van der Waals surface area (Å²) in [6, 6.07) is 91.4. The molecule has 0 saturated carbocycles. The van der Waals surface area contributed by atoms with Gasteiger partial charge in [0.15, 0.2) is 8.07 Å². The highest BCUT2D eigenvalue weighted by molar-refractivity contribution is 7.21. The molecule has 0 bridgehead atoms. The van der Waals surface area contributed by atoms with Gasteiger partial charge in [0, 0.05) is 33.5 Å². The number of anilines is 6. The van der Waals surface area contributed by atoms with Crippen LogP contribution < -0.4 is 46.1 Å². The maximum Gasteiger partial charge on any atom is 0.184 e. The summed E-state index contributed by atoms with van der Waals surface area (Å²) >= 11 is 0. The van der Waals surface area contributed by atoms with Crippen molar-refractivity contribution in [3.05, 3.63) is 249 Å². The normalized spacial score (nSPS) is 13.8. The average Bonchev–Trinajstić information content (AvgIpc) is 3.39. The van der Waals surface area contributed by atoms with Crippen LogP contribution in [0.4, 0.5) is 34.4 Å². The predicted molar refractivity (Wildman–Crippen MR) is 282 cm³/mol. The largest absolute Gasteiger partial charge is 0.295 e. The maximum atomic E-state index is 5.79. The van der Waals surface area contributed by atoms with Gasteiger partial charge >= 0.3 is 0 Å². The highest BCUT2D eigenvalue weighted by atomic mass is 28.3. The first kappa shape index (κ1) is 38.3. The van der Waals surface area contributed by atoms with E-state index in [-0.39, 0.29) is 0 Å². The minimum absolute atomic E-state index is 0.820. The summed E-state index contributed by atoms with van der Waals surface area (Å²) in [6.45, 7) is 0. The molecule has 2 aliphatic rings. The molecule has 2 aliphatic heterocycles. The first-order valence-corrected chi connectivity index (χ1v) is 26.4. The molecule has 0 atom stereocenters. The molecule has 0 unspecified atom stereocenters. The van der Waals surface area contributed by atoms with Crippen LogP contribution in [-0.2, 0) is 0 Å². The summed E-state index contributed by atoms with van der Waals surface area (Å²) in [7, 11) is -4.64. The fourth-order valence-electron chi connectivity index (χ4n) is 11.0. The molecule has 66 heavy (non-hydrogen) atoms. The van der Waals surface area contributed by atoms with Gasteiger partial charge in [0.2, 0.25) is 0 Å². The molecule has 0 radical (unpaired) electrons. The third-order valence-corrected chi connectivity index (χ3v) is 21.9. The van der Waals surface area contributed by atoms with Gasteiger partial charge < -0.3 is 0 Å². The van der Waals surface area contributed by atoms with Crippen molar-refractivity contribution in [1.82, 2.24) is 9.97 Å². The molecule has 6 heteroatoms. The predicted octanol–water partition coefficient (Wildman–Crippen LogP) is 9.64. The Morgan fingerprint density at radius 3 is 1.18 bits per heavy atom. The van der Waals surface area contributed by atoms with E-state index in [0.29, 0.717) is 0 Å². The van der Waals surface area contributed by atoms with E-state index in [9.17, 15) is 0 Å². The van der Waals surface area contributed by atoms with E-state index in [1.165, 1.54) is 47.7 Å². The topological polar surface area (TPSA) is 32.3 Å². The quantitative estimate of drug-likeness (QED) is 0.156. The van der Waals surface area contributed by atoms with Gasteiger partial charge in [-0.2, -0.15) is 0 Å². The van der Waals surface area contributed by atoms with Gasteiger partial charge in [-0.25, -0.2) is 9.97 Å². The number of hydrogen-bond donors (Lipinski definition) is 0. The van der Waals surface area contributed by atoms with Gasteiger partial charge in [0.25, 0.3) is 0 Å². The molecule has 13 rings (SSSR count). The molecule has 4 heterocycles. The second-order valence-corrected chi connectivity index (χ2v) is 23.8. The summed E-state index contributed by atoms with van der Waals surface area (Å²) in [5.74, 6) is 1.78. The summed E-state index contributed by atoms with van der Waals surface area (Å²) in [5.41, 5.74) is 6.31. The third-order valence-electron chi connectivity index (χ3n) is 13.7. The first-order valence-electron chi connectivity index (χ1n) is 22.7. The molecule has 0 aliphatic carbocycles. The van der Waals surface area contributed by atoms with Crippen LogP contribution in [0.3, 0.4) is 0 Å². The van der Waals surface area contributed by atoms with Crippen molar-refractivity contribution < 1.29 is 0 Å². The van der Waals surface area contributed by atoms with Crippen molar-refractivity contribution in [3.8, 4) is 11.4 Å². The lowest BCUT2D eigenvalue weighted by Crippen LogP contribution is -2.77. The summed E-state index contributed by atoms with van der Waals surface area (Å²) in [5, 5.41) is 14.0. The van der Waals surface area contributed by atoms with Crippen LogP contribution in [0.2, 0.25) is 0 Å². The lowest BCUT2D eigenvalue weighted by Gasteiger charge is -2.44. The van der Waals surface area contributed by atoms with Gasteiger partial charge in [0.05, 0.1) is 11.4 Å². The van der Waals surface area contributed by atoms with Gasteiger partial charge in [0.1, 0.15) is 20.4 Å². The van der Waals surface area contributed by atoms with Crippen molar-refractivity contribution in [2.24, 2.45) is 0 Å². The van der Waals surface area contributed by atoms with Crippen LogP contribution >= 0.6 is 0 Å². The Hall–Kier alpha value is -8.17. The fourth-order valence-corrected chi connectivity index (χ4v) is 19.4. The Labute approximate surface area is 387 Å². The Kier molecular flexibility index (Phi) is 9.01. The number of rotatable bonds is 6. The molecule has 0 amide bonds. The molecular weight excluding hydrogens is 833 g/mol. The summed E-state index contributed by atoms with van der Waals surface area (Å²) in [6.07, 6.45) is 0. The molecule has 9 aromatic carbocycles. The number of benzene rings is 9. The second-order valence-electron chi connectivity index (χ2n) is 17.3. The molecule has 4 nitrogen and oxygen atoms in total. The Bertz CT molecular complexity index is 3500. The van der Waals surface area contributed by atoms with E-state index in [0.717, 1.165) is 55.9 Å². The summed E-state index contributed by atoms with van der Waals surface area (Å²) < 4.78 is 0. The lowest BCUT2D eigenvalue weighted by atomic mass is 10.1. The molecule has 0 saturated heterocycles. The Morgan fingerprint density at radius 2 is 0.697 bits per heavy atom. The SMILES string of the molecule is c1ccc([SiH]2c3ccccc3N(c3nc(-c4cc5ccccc5c(N5c6ccccc6[Si](c6ccccc6)(c6ccccc6)c6ccccc65)n4)cc4ccccc34)c3ccccc32)cc1. The van der Waals surface area contributed by atoms with Gasteiger partial charge in [-0.15, -0.1) is 0 Å². The molecule has 11 aromatic rings. The molecule has 0 spiro atoms. The van der Waals surface area contributed by atoms with Crippen LogP contribution in [0.1, 0.15) is 0 Å². The smallest absolute Gasteiger partial charge is 0.184 e. The van der Waals surface area contributed by atoms with Crippen molar-refractivity contribution in [1.29, 1.82) is 0 Å². The average molecular weight is 875 g/mol. The molecular formula is C60H42N4Si2. The molecule has 310 valence electrons. The zero-order chi connectivity index (χ0) is 43.6. The minimum Gasteiger partial charge on any atom is -0.295 e. The van der Waals surface area contributed by atoms with Crippen LogP contribution in [0.5, 0.6) is 0 Å². The van der Waals surface area contributed by atoms with E-state index >= 15 is 0 Å². The first-order chi connectivity index (χ1) is 32.8. The monoisotopic (exact) mass is 874 g/mol. The molecule has 0 fully saturated rings. The maximum absolute atomic E-state index is 5.79. The van der Waals surface area contributed by atoms with Crippen LogP contribution in [0.25, 0.3) is 32.9 Å². The van der Waals surface area contributed by atoms with E-state index in [4.69, 9.17) is 9.97 Å². The van der Waals surface area contributed by atoms with E-state index in [2.05, 4.69) is 259 Å². The lowest BCUT2D eigenvalue weighted by molar-refractivity contribution is 1.17. The second kappa shape index (κ2) is 15.5. The van der Waals surface area contributed by atoms with Crippen molar-refractivity contribution in [2.75, 3.05) is 9.80 Å². The van der Waals surface area contributed by atoms with Crippen LogP contribution in [0.15, 0.2) is 249 Å². The third kappa shape index (κ3) is 5.82. The Morgan fingerprint density at radius 1 is 0.333 bits per heavy atom. The number of para-hydroxylation sites is 4. The fraction of sp³-hybridized carbons (Fsp3) is 0. The minimum atomic E-state index is -2.82. The summed E-state index contributed by atoms with van der Waals surface area (Å²) in [4.78, 5) is 16.4. The molecule has 0 N–H and O–H groups in total. The van der Waals surface area contributed by atoms with Crippen molar-refractivity contribution >= 4 is 109 Å².